The fourth-order valence-corrected chi connectivity index (χ4v) is 3.56. The lowest BCUT2D eigenvalue weighted by Crippen LogP contribution is -2.35. The van der Waals surface area contributed by atoms with Crippen LogP contribution >= 0.6 is 11.8 Å². The van der Waals surface area contributed by atoms with Crippen LogP contribution < -0.4 is 5.32 Å². The van der Waals surface area contributed by atoms with E-state index in [1.165, 1.54) is 16.6 Å². The zero-order valence-electron chi connectivity index (χ0n) is 11.8. The molecule has 0 aromatic carbocycles. The molecule has 5 nitrogen and oxygen atoms in total. The van der Waals surface area contributed by atoms with Gasteiger partial charge in [0.25, 0.3) is 0 Å². The van der Waals surface area contributed by atoms with Crippen molar-refractivity contribution in [1.82, 2.24) is 9.29 Å². The number of sulfonamides is 1. The van der Waals surface area contributed by atoms with Gasteiger partial charge in [-0.3, -0.25) is 0 Å². The van der Waals surface area contributed by atoms with Crippen LogP contribution in [0.25, 0.3) is 0 Å². The first-order chi connectivity index (χ1) is 8.93. The van der Waals surface area contributed by atoms with Crippen LogP contribution in [0.5, 0.6) is 0 Å². The number of nitrogens with one attached hydrogen (secondary N) is 1. The van der Waals surface area contributed by atoms with E-state index in [-0.39, 0.29) is 10.9 Å². The largest absolute Gasteiger partial charge is 0.373 e. The summed E-state index contributed by atoms with van der Waals surface area (Å²) in [6.45, 7) is 1.92. The van der Waals surface area contributed by atoms with Crippen molar-refractivity contribution in [1.29, 1.82) is 0 Å². The maximum Gasteiger partial charge on any atom is 0.243 e. The van der Waals surface area contributed by atoms with Crippen LogP contribution in [0.2, 0.25) is 0 Å². The first-order valence-corrected chi connectivity index (χ1v) is 8.87. The molecule has 0 fully saturated rings. The van der Waals surface area contributed by atoms with Crippen LogP contribution in [0.1, 0.15) is 13.3 Å². The molecule has 1 rings (SSSR count). The quantitative estimate of drug-likeness (QED) is 0.833. The number of rotatable bonds is 7. The lowest BCUT2D eigenvalue weighted by atomic mass is 10.3. The van der Waals surface area contributed by atoms with Crippen molar-refractivity contribution in [2.24, 2.45) is 0 Å². The summed E-state index contributed by atoms with van der Waals surface area (Å²) in [5, 5.41) is 2.84. The Morgan fingerprint density at radius 1 is 1.53 bits per heavy atom. The summed E-state index contributed by atoms with van der Waals surface area (Å²) in [7, 11) is -0.121. The molecule has 19 heavy (non-hydrogen) atoms. The Hall–Kier alpha value is -0.790. The van der Waals surface area contributed by atoms with E-state index in [9.17, 15) is 8.42 Å². The van der Waals surface area contributed by atoms with E-state index in [2.05, 4.69) is 10.3 Å². The van der Waals surface area contributed by atoms with Gasteiger partial charge in [0.2, 0.25) is 10.0 Å². The van der Waals surface area contributed by atoms with Crippen LogP contribution in [0.3, 0.4) is 0 Å². The molecular weight excluding hydrogens is 282 g/mol. The number of anilines is 1. The minimum absolute atomic E-state index is 0.0244. The molecular formula is C12H21N3O2S2. The molecule has 7 heteroatoms. The number of thioether (sulfide) groups is 1. The molecule has 0 aliphatic heterocycles. The van der Waals surface area contributed by atoms with E-state index in [1.54, 1.807) is 31.9 Å². The van der Waals surface area contributed by atoms with Crippen molar-refractivity contribution < 1.29 is 8.42 Å². The highest BCUT2D eigenvalue weighted by Gasteiger charge is 2.25. The molecule has 0 aliphatic rings. The van der Waals surface area contributed by atoms with E-state index in [0.717, 1.165) is 12.2 Å². The van der Waals surface area contributed by atoms with Crippen LogP contribution in [0.15, 0.2) is 23.2 Å². The van der Waals surface area contributed by atoms with Gasteiger partial charge in [-0.15, -0.1) is 0 Å². The molecule has 0 aliphatic carbocycles. The molecule has 0 saturated heterocycles. The molecule has 1 N–H and O–H groups in total. The van der Waals surface area contributed by atoms with Crippen molar-refractivity contribution in [3.05, 3.63) is 18.3 Å². The van der Waals surface area contributed by atoms with Gasteiger partial charge in [-0.05, 0) is 31.4 Å². The second kappa shape index (κ2) is 7.12. The summed E-state index contributed by atoms with van der Waals surface area (Å²) in [6.07, 6.45) is 4.35. The van der Waals surface area contributed by atoms with Crippen LogP contribution in [0, 0.1) is 0 Å². The standard InChI is InChI=1S/C12H21N3O2S2/c1-10(6-8-18-4)15(3)19(16,17)11-5-7-14-12(9-11)13-2/h5,7,9-10H,6,8H2,1-4H3,(H,13,14). The Bertz CT molecular complexity index is 505. The molecule has 0 radical (unpaired) electrons. The van der Waals surface area contributed by atoms with E-state index in [1.807, 2.05) is 13.2 Å². The molecule has 1 atom stereocenters. The number of hydrogen-bond donors (Lipinski definition) is 1. The molecule has 0 amide bonds. The number of pyridine rings is 1. The molecule has 108 valence electrons. The van der Waals surface area contributed by atoms with Gasteiger partial charge in [0, 0.05) is 32.4 Å². The van der Waals surface area contributed by atoms with Crippen molar-refractivity contribution in [2.45, 2.75) is 24.3 Å². The van der Waals surface area contributed by atoms with E-state index < -0.39 is 10.0 Å². The molecule has 0 saturated carbocycles. The minimum atomic E-state index is -3.46. The third-order valence-electron chi connectivity index (χ3n) is 3.02. The fourth-order valence-electron chi connectivity index (χ4n) is 1.58. The second-order valence-corrected chi connectivity index (χ2v) is 7.26. The van der Waals surface area contributed by atoms with Gasteiger partial charge in [-0.1, -0.05) is 0 Å². The average molecular weight is 303 g/mol. The molecule has 1 aromatic heterocycles. The Morgan fingerprint density at radius 3 is 2.79 bits per heavy atom. The highest BCUT2D eigenvalue weighted by Crippen LogP contribution is 2.20. The van der Waals surface area contributed by atoms with Crippen molar-refractivity contribution >= 4 is 27.6 Å². The Morgan fingerprint density at radius 2 is 2.21 bits per heavy atom. The first kappa shape index (κ1) is 16.3. The zero-order valence-corrected chi connectivity index (χ0v) is 13.4. The minimum Gasteiger partial charge on any atom is -0.373 e. The Balaban J connectivity index is 2.95. The molecule has 1 unspecified atom stereocenters. The first-order valence-electron chi connectivity index (χ1n) is 6.04. The van der Waals surface area contributed by atoms with Gasteiger partial charge in [0.1, 0.15) is 5.82 Å². The summed E-state index contributed by atoms with van der Waals surface area (Å²) >= 11 is 1.72. The third kappa shape index (κ3) is 4.09. The number of hydrogen-bond acceptors (Lipinski definition) is 5. The monoisotopic (exact) mass is 303 g/mol. The highest BCUT2D eigenvalue weighted by atomic mass is 32.2. The van der Waals surface area contributed by atoms with Crippen molar-refractivity contribution in [3.8, 4) is 0 Å². The van der Waals surface area contributed by atoms with E-state index in [0.29, 0.717) is 5.82 Å². The van der Waals surface area contributed by atoms with Crippen LogP contribution in [-0.4, -0.2) is 49.9 Å². The van der Waals surface area contributed by atoms with Crippen LogP contribution in [-0.2, 0) is 10.0 Å². The normalized spacial score (nSPS) is 13.5. The Kier molecular flexibility index (Phi) is 6.09. The van der Waals surface area contributed by atoms with E-state index >= 15 is 0 Å². The summed E-state index contributed by atoms with van der Waals surface area (Å²) in [5.74, 6) is 1.49. The predicted octanol–water partition coefficient (Wildman–Crippen LogP) is 1.89. The number of aromatic nitrogens is 1. The summed E-state index contributed by atoms with van der Waals surface area (Å²) in [6, 6.07) is 3.05. The average Bonchev–Trinajstić information content (AvgIpc) is 2.43. The SMILES string of the molecule is CNc1cc(S(=O)(=O)N(C)C(C)CCSC)ccn1. The van der Waals surface area contributed by atoms with Gasteiger partial charge in [0.05, 0.1) is 4.90 Å². The topological polar surface area (TPSA) is 62.3 Å². The van der Waals surface area contributed by atoms with Gasteiger partial charge in [-0.25, -0.2) is 13.4 Å². The summed E-state index contributed by atoms with van der Waals surface area (Å²) in [5.41, 5.74) is 0. The summed E-state index contributed by atoms with van der Waals surface area (Å²) < 4.78 is 26.4. The van der Waals surface area contributed by atoms with Crippen molar-refractivity contribution in [3.63, 3.8) is 0 Å². The van der Waals surface area contributed by atoms with Gasteiger partial charge >= 0.3 is 0 Å². The predicted molar refractivity (Wildman–Crippen MR) is 81.2 cm³/mol. The molecule has 0 bridgehead atoms. The summed E-state index contributed by atoms with van der Waals surface area (Å²) in [4.78, 5) is 4.30. The highest BCUT2D eigenvalue weighted by molar-refractivity contribution is 7.98. The smallest absolute Gasteiger partial charge is 0.243 e. The molecule has 1 heterocycles. The Labute approximate surface area is 119 Å². The second-order valence-electron chi connectivity index (χ2n) is 4.28. The van der Waals surface area contributed by atoms with Gasteiger partial charge < -0.3 is 5.32 Å². The van der Waals surface area contributed by atoms with Crippen LogP contribution in [0.4, 0.5) is 5.82 Å². The van der Waals surface area contributed by atoms with Gasteiger partial charge in [-0.2, -0.15) is 16.1 Å². The molecule has 0 spiro atoms. The maximum atomic E-state index is 12.5. The molecule has 1 aromatic rings. The third-order valence-corrected chi connectivity index (χ3v) is 5.64. The number of nitrogens with zero attached hydrogens (tertiary/aromatic N) is 2. The lowest BCUT2D eigenvalue weighted by Gasteiger charge is -2.24. The van der Waals surface area contributed by atoms with Crippen molar-refractivity contribution in [2.75, 3.05) is 31.4 Å². The zero-order chi connectivity index (χ0) is 14.5. The van der Waals surface area contributed by atoms with E-state index in [4.69, 9.17) is 0 Å². The fraction of sp³-hybridized carbons (Fsp3) is 0.583. The lowest BCUT2D eigenvalue weighted by molar-refractivity contribution is 0.382. The van der Waals surface area contributed by atoms with Gasteiger partial charge in [0.15, 0.2) is 0 Å². The maximum absolute atomic E-state index is 12.5.